The van der Waals surface area contributed by atoms with E-state index < -0.39 is 5.49 Å². The van der Waals surface area contributed by atoms with Gasteiger partial charge in [-0.05, 0) is 0 Å². The second-order valence-corrected chi connectivity index (χ2v) is 10.4. The summed E-state index contributed by atoms with van der Waals surface area (Å²) in [5.74, 6) is 0. The molecule has 2 aromatic carbocycles. The number of benzene rings is 2. The van der Waals surface area contributed by atoms with Crippen molar-refractivity contribution in [2.24, 2.45) is 0 Å². The molecule has 0 N–H and O–H groups in total. The van der Waals surface area contributed by atoms with Crippen molar-refractivity contribution in [2.75, 3.05) is 0 Å². The molecule has 0 aliphatic rings. The van der Waals surface area contributed by atoms with Gasteiger partial charge in [-0.2, -0.15) is 0 Å². The maximum atomic E-state index is 2.26. The molecule has 0 saturated heterocycles. The van der Waals surface area contributed by atoms with Crippen molar-refractivity contribution in [2.45, 2.75) is 0 Å². The van der Waals surface area contributed by atoms with E-state index in [4.69, 9.17) is 0 Å². The summed E-state index contributed by atoms with van der Waals surface area (Å²) < 4.78 is 0. The molecule has 2 aromatic rings. The standard InChI is InChI=1S/C12H10Si.Hf/c1-3-7-11(8-4-1)13-12-9-5-2-6-10-12;/h1-10H;/q;+2. The molecule has 0 atom stereocenters. The van der Waals surface area contributed by atoms with Gasteiger partial charge in [-0.25, -0.2) is 0 Å². The topological polar surface area (TPSA) is 0 Å². The van der Waals surface area contributed by atoms with Crippen molar-refractivity contribution < 1.29 is 23.0 Å². The van der Waals surface area contributed by atoms with Gasteiger partial charge in [0, 0.05) is 0 Å². The van der Waals surface area contributed by atoms with Crippen LogP contribution in [0.2, 0.25) is 0 Å². The third kappa shape index (κ3) is 2.31. The van der Waals surface area contributed by atoms with E-state index in [2.05, 4.69) is 60.7 Å². The van der Waals surface area contributed by atoms with Gasteiger partial charge in [0.25, 0.3) is 0 Å². The molecule has 0 aromatic heterocycles. The van der Waals surface area contributed by atoms with Gasteiger partial charge < -0.3 is 0 Å². The Hall–Kier alpha value is -0.473. The van der Waals surface area contributed by atoms with Crippen LogP contribution in [0, 0.1) is 0 Å². The van der Waals surface area contributed by atoms with Gasteiger partial charge in [0.2, 0.25) is 0 Å². The molecular formula is C12H10HfSi+2. The molecule has 0 radical (unpaired) electrons. The fourth-order valence-electron chi connectivity index (χ4n) is 1.38. The van der Waals surface area contributed by atoms with Crippen LogP contribution >= 0.6 is 0 Å². The Balaban J connectivity index is 2.35. The van der Waals surface area contributed by atoms with Gasteiger partial charge in [-0.15, -0.1) is 0 Å². The summed E-state index contributed by atoms with van der Waals surface area (Å²) in [6.45, 7) is 0. The minimum absolute atomic E-state index is 0.406. The first-order chi connectivity index (χ1) is 6.88. The first kappa shape index (κ1) is 10.1. The molecule has 0 aliphatic carbocycles. The van der Waals surface area contributed by atoms with Crippen LogP contribution in [0.15, 0.2) is 60.7 Å². The Bertz CT molecular complexity index is 381. The predicted octanol–water partition coefficient (Wildman–Crippen LogP) is 1.34. The molecule has 2 rings (SSSR count). The van der Waals surface area contributed by atoms with E-state index in [1.165, 1.54) is 33.4 Å². The Morgan fingerprint density at radius 3 is 1.36 bits per heavy atom. The molecule has 0 amide bonds. The van der Waals surface area contributed by atoms with E-state index in [0.29, 0.717) is 0 Å². The average Bonchev–Trinajstić information content (AvgIpc) is 2.30. The summed E-state index contributed by atoms with van der Waals surface area (Å²) in [5.41, 5.74) is -0.406. The SMILES string of the molecule is [Hf+2]=[Si](c1ccccc1)c1ccccc1. The minimum atomic E-state index is -0.406. The molecule has 0 saturated carbocycles. The Kier molecular flexibility index (Phi) is 3.48. The van der Waals surface area contributed by atoms with Gasteiger partial charge in [-0.3, -0.25) is 0 Å². The second kappa shape index (κ2) is 4.85. The van der Waals surface area contributed by atoms with Crippen molar-refractivity contribution in [1.82, 2.24) is 0 Å². The number of rotatable bonds is 2. The third-order valence-corrected chi connectivity index (χ3v) is 10.2. The van der Waals surface area contributed by atoms with Crippen molar-refractivity contribution in [3.05, 3.63) is 60.7 Å². The normalized spacial score (nSPS) is 9.86. The number of hydrogen-bond donors (Lipinski definition) is 0. The first-order valence-corrected chi connectivity index (χ1v) is 11.5. The predicted molar refractivity (Wildman–Crippen MR) is 57.9 cm³/mol. The molecule has 14 heavy (non-hydrogen) atoms. The molecule has 64 valence electrons. The maximum absolute atomic E-state index is 2.26. The molecule has 0 nitrogen and oxygen atoms in total. The van der Waals surface area contributed by atoms with Crippen molar-refractivity contribution >= 4 is 15.9 Å². The summed E-state index contributed by atoms with van der Waals surface area (Å²) in [6, 6.07) is 21.8. The second-order valence-electron chi connectivity index (χ2n) is 3.11. The fourth-order valence-corrected chi connectivity index (χ4v) is 6.35. The summed E-state index contributed by atoms with van der Waals surface area (Å²) in [6.07, 6.45) is 0. The van der Waals surface area contributed by atoms with Crippen LogP contribution in [-0.2, 0) is 23.0 Å². The van der Waals surface area contributed by atoms with E-state index in [-0.39, 0.29) is 0 Å². The fraction of sp³-hybridized carbons (Fsp3) is 0. The summed E-state index contributed by atoms with van der Waals surface area (Å²) in [5, 5.41) is 3.07. The van der Waals surface area contributed by atoms with Crippen molar-refractivity contribution in [3.63, 3.8) is 0 Å². The average molecular weight is 361 g/mol. The molecule has 2 heteroatoms. The van der Waals surface area contributed by atoms with Crippen LogP contribution in [0.5, 0.6) is 0 Å². The van der Waals surface area contributed by atoms with Crippen LogP contribution < -0.4 is 10.4 Å². The zero-order chi connectivity index (χ0) is 9.80. The molecule has 0 aliphatic heterocycles. The molecule has 0 bridgehead atoms. The quantitative estimate of drug-likeness (QED) is 0.709. The zero-order valence-electron chi connectivity index (χ0n) is 7.77. The number of hydrogen-bond acceptors (Lipinski definition) is 0. The van der Waals surface area contributed by atoms with Gasteiger partial charge in [-0.1, -0.05) is 0 Å². The molecule has 0 spiro atoms. The van der Waals surface area contributed by atoms with Gasteiger partial charge in [0.1, 0.15) is 0 Å². The molecule has 0 unspecified atom stereocenters. The van der Waals surface area contributed by atoms with Crippen molar-refractivity contribution in [3.8, 4) is 0 Å². The Morgan fingerprint density at radius 1 is 0.643 bits per heavy atom. The Morgan fingerprint density at radius 2 is 1.00 bits per heavy atom. The van der Waals surface area contributed by atoms with Crippen LogP contribution in [0.1, 0.15) is 0 Å². The van der Waals surface area contributed by atoms with E-state index in [1.54, 1.807) is 0 Å². The van der Waals surface area contributed by atoms with Crippen LogP contribution in [0.25, 0.3) is 0 Å². The molecule has 0 heterocycles. The summed E-state index contributed by atoms with van der Waals surface area (Å²) >= 11 is 1.27. The van der Waals surface area contributed by atoms with Crippen LogP contribution in [0.3, 0.4) is 0 Å². The van der Waals surface area contributed by atoms with Gasteiger partial charge >= 0.3 is 99.5 Å². The van der Waals surface area contributed by atoms with E-state index in [0.717, 1.165) is 0 Å². The summed E-state index contributed by atoms with van der Waals surface area (Å²) in [7, 11) is 0. The Labute approximate surface area is 99.1 Å². The van der Waals surface area contributed by atoms with Crippen LogP contribution in [0.4, 0.5) is 0 Å². The molecular weight excluding hydrogens is 351 g/mol. The van der Waals surface area contributed by atoms with E-state index in [1.807, 2.05) is 0 Å². The van der Waals surface area contributed by atoms with E-state index in [9.17, 15) is 0 Å². The van der Waals surface area contributed by atoms with E-state index >= 15 is 0 Å². The van der Waals surface area contributed by atoms with Crippen molar-refractivity contribution in [1.29, 1.82) is 0 Å². The van der Waals surface area contributed by atoms with Gasteiger partial charge in [0.15, 0.2) is 0 Å². The molecule has 0 fully saturated rings. The van der Waals surface area contributed by atoms with Gasteiger partial charge in [0.05, 0.1) is 0 Å². The monoisotopic (exact) mass is 362 g/mol. The third-order valence-electron chi connectivity index (χ3n) is 2.12. The summed E-state index contributed by atoms with van der Waals surface area (Å²) in [4.78, 5) is 0. The van der Waals surface area contributed by atoms with Crippen LogP contribution in [-0.4, -0.2) is 5.49 Å². The first-order valence-electron chi connectivity index (χ1n) is 4.57. The zero-order valence-corrected chi connectivity index (χ0v) is 12.4.